The van der Waals surface area contributed by atoms with E-state index < -0.39 is 0 Å². The number of aryl methyl sites for hydroxylation is 1. The van der Waals surface area contributed by atoms with E-state index in [0.29, 0.717) is 12.6 Å². The summed E-state index contributed by atoms with van der Waals surface area (Å²) in [6.45, 7) is 3.68. The molecule has 0 saturated carbocycles. The lowest BCUT2D eigenvalue weighted by atomic mass is 10.2. The minimum atomic E-state index is 0.0511. The molecule has 128 valence electrons. The van der Waals surface area contributed by atoms with Gasteiger partial charge in [0, 0.05) is 43.2 Å². The van der Waals surface area contributed by atoms with Crippen LogP contribution in [0.25, 0.3) is 0 Å². The van der Waals surface area contributed by atoms with Crippen LogP contribution in [0.1, 0.15) is 24.1 Å². The zero-order valence-electron chi connectivity index (χ0n) is 13.8. The van der Waals surface area contributed by atoms with Gasteiger partial charge in [-0.25, -0.2) is 4.68 Å². The maximum absolute atomic E-state index is 12.4. The van der Waals surface area contributed by atoms with Gasteiger partial charge in [0.2, 0.25) is 0 Å². The summed E-state index contributed by atoms with van der Waals surface area (Å²) in [6.07, 6.45) is 7.13. The van der Waals surface area contributed by atoms with Crippen molar-refractivity contribution in [3.8, 4) is 0 Å². The molecule has 6 nitrogen and oxygen atoms in total. The first kappa shape index (κ1) is 15.9. The lowest BCUT2D eigenvalue weighted by molar-refractivity contribution is 0.213. The third-order valence-corrected chi connectivity index (χ3v) is 5.97. The van der Waals surface area contributed by atoms with E-state index in [0.717, 1.165) is 55.2 Å². The Morgan fingerprint density at radius 2 is 2.29 bits per heavy atom. The molecule has 2 aromatic heterocycles. The van der Waals surface area contributed by atoms with Crippen molar-refractivity contribution in [3.05, 3.63) is 46.1 Å². The van der Waals surface area contributed by atoms with Crippen molar-refractivity contribution < 1.29 is 0 Å². The molecule has 2 aliphatic rings. The monoisotopic (exact) mass is 345 g/mol. The molecule has 0 radical (unpaired) electrons. The largest absolute Gasteiger partial charge is 0.297 e. The van der Waals surface area contributed by atoms with Crippen LogP contribution in [0, 0.1) is 0 Å². The van der Waals surface area contributed by atoms with Gasteiger partial charge in [-0.05, 0) is 36.8 Å². The van der Waals surface area contributed by atoms with Gasteiger partial charge in [-0.1, -0.05) is 0 Å². The van der Waals surface area contributed by atoms with Crippen molar-refractivity contribution in [1.82, 2.24) is 24.5 Å². The molecular weight excluding hydrogens is 322 g/mol. The third-order valence-electron chi connectivity index (χ3n) is 4.96. The minimum absolute atomic E-state index is 0.0511. The van der Waals surface area contributed by atoms with Crippen molar-refractivity contribution >= 4 is 11.8 Å². The summed E-state index contributed by atoms with van der Waals surface area (Å²) in [5.74, 6) is 2.04. The highest BCUT2D eigenvalue weighted by molar-refractivity contribution is 7.98. The third kappa shape index (κ3) is 3.42. The molecule has 0 spiro atoms. The number of nitrogens with zero attached hydrogens (tertiary/aromatic N) is 5. The van der Waals surface area contributed by atoms with Gasteiger partial charge in [0.05, 0.1) is 18.8 Å². The van der Waals surface area contributed by atoms with E-state index in [9.17, 15) is 4.79 Å². The number of rotatable bonds is 5. The van der Waals surface area contributed by atoms with Crippen LogP contribution in [0.2, 0.25) is 0 Å². The summed E-state index contributed by atoms with van der Waals surface area (Å²) in [4.78, 5) is 14.9. The second kappa shape index (κ2) is 7.11. The van der Waals surface area contributed by atoms with Crippen molar-refractivity contribution in [1.29, 1.82) is 0 Å². The van der Waals surface area contributed by atoms with Crippen LogP contribution < -0.4 is 5.56 Å². The van der Waals surface area contributed by atoms with Gasteiger partial charge in [0.25, 0.3) is 5.56 Å². The second-order valence-corrected chi connectivity index (χ2v) is 7.65. The summed E-state index contributed by atoms with van der Waals surface area (Å²) >= 11 is 1.89. The smallest absolute Gasteiger partial charge is 0.267 e. The normalized spacial score (nSPS) is 21.1. The van der Waals surface area contributed by atoms with Crippen molar-refractivity contribution in [2.24, 2.45) is 0 Å². The fraction of sp³-hybridized carbons (Fsp3) is 0.588. The van der Waals surface area contributed by atoms with E-state index in [2.05, 4.69) is 15.1 Å². The molecule has 1 unspecified atom stereocenters. The summed E-state index contributed by atoms with van der Waals surface area (Å²) in [6, 6.07) is 4.16. The Labute approximate surface area is 145 Å². The van der Waals surface area contributed by atoms with Crippen LogP contribution in [-0.4, -0.2) is 49.3 Å². The maximum atomic E-state index is 12.4. The van der Waals surface area contributed by atoms with Crippen molar-refractivity contribution in [3.63, 3.8) is 0 Å². The van der Waals surface area contributed by atoms with Crippen LogP contribution in [0.3, 0.4) is 0 Å². The Kier molecular flexibility index (Phi) is 4.71. The number of hydrogen-bond acceptors (Lipinski definition) is 5. The van der Waals surface area contributed by atoms with E-state index in [1.165, 1.54) is 6.42 Å². The fourth-order valence-electron chi connectivity index (χ4n) is 3.64. The molecule has 4 heterocycles. The zero-order chi connectivity index (χ0) is 16.4. The van der Waals surface area contributed by atoms with Crippen molar-refractivity contribution in [2.45, 2.75) is 44.1 Å². The standard InChI is InChI=1S/C17H23N5OS/c23-17-11-14-13-24-10-4-16(14)19-22(17)12-15-3-1-6-20(15)8-9-21-7-2-5-18-21/h2,5,7,11,15H,1,3-4,6,8-10,12-13H2. The number of aromatic nitrogens is 4. The number of likely N-dealkylation sites (tertiary alicyclic amines) is 1. The predicted molar refractivity (Wildman–Crippen MR) is 95.2 cm³/mol. The predicted octanol–water partition coefficient (Wildman–Crippen LogP) is 1.39. The van der Waals surface area contributed by atoms with E-state index in [1.54, 1.807) is 10.7 Å². The molecule has 0 aromatic carbocycles. The van der Waals surface area contributed by atoms with Gasteiger partial charge < -0.3 is 0 Å². The topological polar surface area (TPSA) is 56.0 Å². The molecule has 24 heavy (non-hydrogen) atoms. The second-order valence-electron chi connectivity index (χ2n) is 6.54. The molecule has 2 aliphatic heterocycles. The van der Waals surface area contributed by atoms with Gasteiger partial charge in [-0.15, -0.1) is 0 Å². The molecule has 2 aromatic rings. The molecule has 1 atom stereocenters. The SMILES string of the molecule is O=c1cc2c(nn1CC1CCCN1CCn1cccn1)CCSC2. The quantitative estimate of drug-likeness (QED) is 0.820. The number of fused-ring (bicyclic) bond motifs is 1. The van der Waals surface area contributed by atoms with E-state index in [1.807, 2.05) is 34.9 Å². The highest BCUT2D eigenvalue weighted by Crippen LogP contribution is 2.22. The Morgan fingerprint density at radius 1 is 1.33 bits per heavy atom. The Balaban J connectivity index is 1.44. The van der Waals surface area contributed by atoms with E-state index in [-0.39, 0.29) is 5.56 Å². The summed E-state index contributed by atoms with van der Waals surface area (Å²) in [5.41, 5.74) is 2.30. The molecule has 7 heteroatoms. The molecule has 0 N–H and O–H groups in total. The average Bonchev–Trinajstić information content (AvgIpc) is 3.25. The van der Waals surface area contributed by atoms with Crippen LogP contribution in [-0.2, 0) is 25.3 Å². The van der Waals surface area contributed by atoms with Gasteiger partial charge in [0.1, 0.15) is 0 Å². The molecule has 1 saturated heterocycles. The van der Waals surface area contributed by atoms with E-state index in [4.69, 9.17) is 0 Å². The lowest BCUT2D eigenvalue weighted by Crippen LogP contribution is -2.39. The first-order chi connectivity index (χ1) is 11.8. The van der Waals surface area contributed by atoms with Gasteiger partial charge >= 0.3 is 0 Å². The van der Waals surface area contributed by atoms with Gasteiger partial charge in [-0.2, -0.15) is 22.0 Å². The zero-order valence-corrected chi connectivity index (χ0v) is 14.6. The molecule has 4 rings (SSSR count). The molecule has 0 bridgehead atoms. The molecular formula is C17H23N5OS. The number of hydrogen-bond donors (Lipinski definition) is 0. The van der Waals surface area contributed by atoms with Crippen LogP contribution in [0.5, 0.6) is 0 Å². The van der Waals surface area contributed by atoms with Gasteiger partial charge in [0.15, 0.2) is 0 Å². The Morgan fingerprint density at radius 3 is 3.17 bits per heavy atom. The molecule has 0 amide bonds. The first-order valence-electron chi connectivity index (χ1n) is 8.69. The first-order valence-corrected chi connectivity index (χ1v) is 9.84. The minimum Gasteiger partial charge on any atom is -0.297 e. The fourth-order valence-corrected chi connectivity index (χ4v) is 4.59. The average molecular weight is 345 g/mol. The summed E-state index contributed by atoms with van der Waals surface area (Å²) < 4.78 is 3.67. The summed E-state index contributed by atoms with van der Waals surface area (Å²) in [7, 11) is 0. The highest BCUT2D eigenvalue weighted by Gasteiger charge is 2.25. The Hall–Kier alpha value is -1.60. The Bertz CT molecular complexity index is 742. The number of thioether (sulfide) groups is 1. The summed E-state index contributed by atoms with van der Waals surface area (Å²) in [5, 5.41) is 8.94. The lowest BCUT2D eigenvalue weighted by Gasteiger charge is -2.25. The van der Waals surface area contributed by atoms with Crippen LogP contribution in [0.15, 0.2) is 29.3 Å². The van der Waals surface area contributed by atoms with Crippen LogP contribution >= 0.6 is 11.8 Å². The molecule has 1 fully saturated rings. The van der Waals surface area contributed by atoms with E-state index >= 15 is 0 Å². The van der Waals surface area contributed by atoms with Crippen LogP contribution in [0.4, 0.5) is 0 Å². The van der Waals surface area contributed by atoms with Gasteiger partial charge in [-0.3, -0.25) is 14.4 Å². The highest BCUT2D eigenvalue weighted by atomic mass is 32.2. The van der Waals surface area contributed by atoms with Crippen molar-refractivity contribution in [2.75, 3.05) is 18.8 Å². The molecule has 0 aliphatic carbocycles. The maximum Gasteiger partial charge on any atom is 0.267 e.